The summed E-state index contributed by atoms with van der Waals surface area (Å²) in [5.74, 6) is -1.13. The third-order valence-corrected chi connectivity index (χ3v) is 5.80. The second kappa shape index (κ2) is 11.3. The number of amides is 4. The third-order valence-electron chi connectivity index (χ3n) is 5.80. The van der Waals surface area contributed by atoms with E-state index >= 15 is 0 Å². The lowest BCUT2D eigenvalue weighted by Crippen LogP contribution is -2.56. The van der Waals surface area contributed by atoms with Crippen LogP contribution in [0.1, 0.15) is 53.9 Å². The van der Waals surface area contributed by atoms with Gasteiger partial charge in [0.05, 0.1) is 12.5 Å². The van der Waals surface area contributed by atoms with Crippen molar-refractivity contribution < 1.29 is 23.9 Å². The van der Waals surface area contributed by atoms with Crippen molar-refractivity contribution in [2.24, 2.45) is 17.6 Å². The van der Waals surface area contributed by atoms with Crippen LogP contribution in [-0.4, -0.2) is 78.4 Å². The summed E-state index contributed by atoms with van der Waals surface area (Å²) in [4.78, 5) is 52.2. The van der Waals surface area contributed by atoms with E-state index in [9.17, 15) is 19.2 Å². The second-order valence-electron chi connectivity index (χ2n) is 8.79. The van der Waals surface area contributed by atoms with Gasteiger partial charge in [-0.1, -0.05) is 20.8 Å². The molecule has 30 heavy (non-hydrogen) atoms. The summed E-state index contributed by atoms with van der Waals surface area (Å²) in [6.07, 6.45) is 1.43. The molecule has 0 aliphatic carbocycles. The van der Waals surface area contributed by atoms with Crippen molar-refractivity contribution >= 4 is 23.6 Å². The van der Waals surface area contributed by atoms with Crippen molar-refractivity contribution in [3.05, 3.63) is 0 Å². The van der Waals surface area contributed by atoms with Gasteiger partial charge < -0.3 is 25.6 Å². The molecule has 9 heteroatoms. The van der Waals surface area contributed by atoms with Gasteiger partial charge in [0.25, 0.3) is 0 Å². The van der Waals surface area contributed by atoms with E-state index in [2.05, 4.69) is 5.32 Å². The molecule has 4 amide bonds. The number of rotatable bonds is 10. The van der Waals surface area contributed by atoms with Gasteiger partial charge in [0, 0.05) is 20.7 Å². The van der Waals surface area contributed by atoms with Gasteiger partial charge in [-0.2, -0.15) is 0 Å². The van der Waals surface area contributed by atoms with Gasteiger partial charge in [0.2, 0.25) is 23.6 Å². The monoisotopic (exact) mass is 426 g/mol. The van der Waals surface area contributed by atoms with Crippen molar-refractivity contribution in [3.63, 3.8) is 0 Å². The minimum absolute atomic E-state index is 0.133. The Bertz CT molecular complexity index is 639. The SMILES string of the molecule is CC(C)CC(C(N)=O)N(C)C(=O)[C@@H](C)N(C)C(=O)C(C)NC(=O)C[C@@H]1OCC[C@H]1C. The molecule has 1 fully saturated rings. The smallest absolute Gasteiger partial charge is 0.245 e. The highest BCUT2D eigenvalue weighted by Crippen LogP contribution is 2.22. The van der Waals surface area contributed by atoms with E-state index in [1.54, 1.807) is 13.8 Å². The minimum atomic E-state index is -0.811. The molecular formula is C21H38N4O5. The standard InChI is InChI=1S/C21H38N4O5/c1-12(2)10-16(19(22)27)25(7)21(29)15(5)24(6)20(28)14(4)23-18(26)11-17-13(3)8-9-30-17/h12-17H,8-11H2,1-7H3,(H2,22,27)(H,23,26)/t13-,14?,15-,16?,17+/m1/s1. The van der Waals surface area contributed by atoms with Crippen molar-refractivity contribution in [3.8, 4) is 0 Å². The number of nitrogens with one attached hydrogen (secondary N) is 1. The van der Waals surface area contributed by atoms with E-state index in [0.717, 1.165) is 6.42 Å². The molecule has 0 aromatic rings. The number of carbonyl (C=O) groups excluding carboxylic acids is 4. The van der Waals surface area contributed by atoms with Gasteiger partial charge in [-0.15, -0.1) is 0 Å². The van der Waals surface area contributed by atoms with Crippen molar-refractivity contribution in [1.82, 2.24) is 15.1 Å². The molecule has 3 N–H and O–H groups in total. The maximum atomic E-state index is 12.8. The zero-order chi connectivity index (χ0) is 23.2. The average Bonchev–Trinajstić information content (AvgIpc) is 3.06. The number of ether oxygens (including phenoxy) is 1. The molecule has 2 unspecified atom stereocenters. The van der Waals surface area contributed by atoms with E-state index in [1.165, 1.54) is 23.9 Å². The fourth-order valence-corrected chi connectivity index (χ4v) is 3.58. The van der Waals surface area contributed by atoms with Gasteiger partial charge in [-0.25, -0.2) is 0 Å². The highest BCUT2D eigenvalue weighted by Gasteiger charge is 2.34. The highest BCUT2D eigenvalue weighted by molar-refractivity contribution is 5.93. The maximum Gasteiger partial charge on any atom is 0.245 e. The minimum Gasteiger partial charge on any atom is -0.377 e. The van der Waals surface area contributed by atoms with Gasteiger partial charge in [0.15, 0.2) is 0 Å². The van der Waals surface area contributed by atoms with Crippen molar-refractivity contribution in [2.75, 3.05) is 20.7 Å². The van der Waals surface area contributed by atoms with E-state index in [-0.39, 0.29) is 30.3 Å². The summed E-state index contributed by atoms with van der Waals surface area (Å²) in [6.45, 7) is 9.74. The van der Waals surface area contributed by atoms with Gasteiger partial charge in [-0.05, 0) is 38.5 Å². The Kier molecular flexibility index (Phi) is 9.74. The molecule has 1 aliphatic heterocycles. The molecule has 172 valence electrons. The summed E-state index contributed by atoms with van der Waals surface area (Å²) >= 11 is 0. The predicted octanol–water partition coefficient (Wildman–Crippen LogP) is 0.512. The lowest BCUT2D eigenvalue weighted by molar-refractivity contribution is -0.147. The van der Waals surface area contributed by atoms with Crippen molar-refractivity contribution in [2.45, 2.75) is 78.1 Å². The molecule has 0 aromatic heterocycles. The van der Waals surface area contributed by atoms with Crippen LogP contribution in [0.15, 0.2) is 0 Å². The zero-order valence-corrected chi connectivity index (χ0v) is 19.3. The Morgan fingerprint density at radius 2 is 1.67 bits per heavy atom. The second-order valence-corrected chi connectivity index (χ2v) is 8.79. The van der Waals surface area contributed by atoms with Gasteiger partial charge >= 0.3 is 0 Å². The number of hydrogen-bond donors (Lipinski definition) is 2. The van der Waals surface area contributed by atoms with E-state index < -0.39 is 29.9 Å². The normalized spacial score (nSPS) is 21.6. The summed E-state index contributed by atoms with van der Waals surface area (Å²) in [6, 6.07) is -2.34. The molecule has 5 atom stereocenters. The molecule has 0 aromatic carbocycles. The summed E-state index contributed by atoms with van der Waals surface area (Å²) in [7, 11) is 3.02. The quantitative estimate of drug-likeness (QED) is 0.527. The average molecular weight is 427 g/mol. The number of primary amides is 1. The van der Waals surface area contributed by atoms with Gasteiger partial charge in [0.1, 0.15) is 18.1 Å². The molecule has 0 radical (unpaired) electrons. The Balaban J connectivity index is 2.69. The summed E-state index contributed by atoms with van der Waals surface area (Å²) in [5, 5.41) is 2.69. The number of nitrogens with two attached hydrogens (primary N) is 1. The molecule has 0 bridgehead atoms. The maximum absolute atomic E-state index is 12.8. The van der Waals surface area contributed by atoms with Crippen molar-refractivity contribution in [1.29, 1.82) is 0 Å². The zero-order valence-electron chi connectivity index (χ0n) is 19.3. The molecule has 1 heterocycles. The Morgan fingerprint density at radius 3 is 2.13 bits per heavy atom. The number of carbonyl (C=O) groups is 4. The molecule has 9 nitrogen and oxygen atoms in total. The summed E-state index contributed by atoms with van der Waals surface area (Å²) < 4.78 is 5.55. The summed E-state index contributed by atoms with van der Waals surface area (Å²) in [5.41, 5.74) is 5.47. The van der Waals surface area contributed by atoms with Crippen LogP contribution in [0, 0.1) is 11.8 Å². The van der Waals surface area contributed by atoms with Crippen LogP contribution in [0.3, 0.4) is 0 Å². The Morgan fingerprint density at radius 1 is 1.07 bits per heavy atom. The highest BCUT2D eigenvalue weighted by atomic mass is 16.5. The third kappa shape index (κ3) is 6.97. The predicted molar refractivity (Wildman–Crippen MR) is 113 cm³/mol. The molecule has 1 rings (SSSR count). The van der Waals surface area contributed by atoms with E-state index in [4.69, 9.17) is 10.5 Å². The molecule has 1 aliphatic rings. The lowest BCUT2D eigenvalue weighted by Gasteiger charge is -2.33. The first-order valence-corrected chi connectivity index (χ1v) is 10.6. The van der Waals surface area contributed by atoms with Crippen LogP contribution in [0.5, 0.6) is 0 Å². The first-order valence-electron chi connectivity index (χ1n) is 10.6. The van der Waals surface area contributed by atoms with E-state index in [1.807, 2.05) is 20.8 Å². The largest absolute Gasteiger partial charge is 0.377 e. The van der Waals surface area contributed by atoms with Crippen LogP contribution in [0.4, 0.5) is 0 Å². The molecule has 0 saturated carbocycles. The van der Waals surface area contributed by atoms with Gasteiger partial charge in [-0.3, -0.25) is 19.2 Å². The van der Waals surface area contributed by atoms with Crippen LogP contribution in [-0.2, 0) is 23.9 Å². The first-order chi connectivity index (χ1) is 13.9. The number of hydrogen-bond acceptors (Lipinski definition) is 5. The molecular weight excluding hydrogens is 388 g/mol. The van der Waals surface area contributed by atoms with Crippen LogP contribution in [0.2, 0.25) is 0 Å². The van der Waals surface area contributed by atoms with E-state index in [0.29, 0.717) is 18.9 Å². The lowest BCUT2D eigenvalue weighted by atomic mass is 10.0. The fraction of sp³-hybridized carbons (Fsp3) is 0.810. The fourth-order valence-electron chi connectivity index (χ4n) is 3.58. The van der Waals surface area contributed by atoms with Crippen LogP contribution >= 0.6 is 0 Å². The van der Waals surface area contributed by atoms with Crippen LogP contribution < -0.4 is 11.1 Å². The van der Waals surface area contributed by atoms with Crippen LogP contribution in [0.25, 0.3) is 0 Å². The molecule has 0 spiro atoms. The Labute approximate surface area is 179 Å². The first kappa shape index (κ1) is 25.9. The number of nitrogens with zero attached hydrogens (tertiary/aromatic N) is 2. The Hall–Kier alpha value is -2.16. The topological polar surface area (TPSA) is 122 Å². The number of likely N-dealkylation sites (N-methyl/N-ethyl adjacent to an activating group) is 2. The molecule has 1 saturated heterocycles.